The van der Waals surface area contributed by atoms with Gasteiger partial charge in [-0.2, -0.15) is 0 Å². The van der Waals surface area contributed by atoms with Crippen molar-refractivity contribution in [1.29, 1.82) is 0 Å². The zero-order chi connectivity index (χ0) is 44.8. The van der Waals surface area contributed by atoms with E-state index in [0.717, 1.165) is 18.4 Å². The van der Waals surface area contributed by atoms with Gasteiger partial charge in [-0.05, 0) is 69.4 Å². The molecule has 0 bridgehead atoms. The Morgan fingerprint density at radius 2 is 1.53 bits per heavy atom. The van der Waals surface area contributed by atoms with Gasteiger partial charge in [0.2, 0.25) is 29.5 Å². The largest absolute Gasteiger partial charge is 0.432 e. The predicted molar refractivity (Wildman–Crippen MR) is 235 cm³/mol. The molecule has 14 nitrogen and oxygen atoms in total. The molecule has 1 aromatic rings. The van der Waals surface area contributed by atoms with E-state index in [2.05, 4.69) is 16.0 Å². The van der Waals surface area contributed by atoms with E-state index in [4.69, 9.17) is 9.47 Å². The fourth-order valence-electron chi connectivity index (χ4n) is 8.39. The molecule has 1 fully saturated rings. The number of likely N-dealkylation sites (N-methyl/N-ethyl adjacent to an activating group) is 2. The minimum Gasteiger partial charge on any atom is -0.432 e. The Balaban J connectivity index is 2.30. The molecule has 0 aromatic heterocycles. The van der Waals surface area contributed by atoms with Gasteiger partial charge in [0.1, 0.15) is 12.1 Å². The van der Waals surface area contributed by atoms with Crippen LogP contribution in [0.15, 0.2) is 30.3 Å². The summed E-state index contributed by atoms with van der Waals surface area (Å²) in [5, 5.41) is 8.90. The quantitative estimate of drug-likeness (QED) is 0.114. The molecule has 2 rings (SSSR count). The second-order valence-corrected chi connectivity index (χ2v) is 22.2. The van der Waals surface area contributed by atoms with Crippen molar-refractivity contribution in [1.82, 2.24) is 30.7 Å². The summed E-state index contributed by atoms with van der Waals surface area (Å²) in [6.07, 6.45) is 1.03. The fraction of sp³-hybridized carbons (Fsp3) is 0.750. The van der Waals surface area contributed by atoms with Crippen molar-refractivity contribution in [3.63, 3.8) is 0 Å². The third kappa shape index (κ3) is 15.2. The molecule has 336 valence electrons. The second kappa shape index (κ2) is 24.2. The number of hydrogen-bond donors (Lipinski definition) is 4. The Bertz CT molecular complexity index is 1480. The minimum atomic E-state index is -2.39. The average molecular weight is 847 g/mol. The van der Waals surface area contributed by atoms with Crippen LogP contribution in [0.4, 0.5) is 0 Å². The molecular formula is C44H78N6O8Si. The van der Waals surface area contributed by atoms with Gasteiger partial charge in [-0.1, -0.05) is 85.2 Å². The van der Waals surface area contributed by atoms with E-state index in [1.807, 2.05) is 104 Å². The van der Waals surface area contributed by atoms with Crippen molar-refractivity contribution in [3.05, 3.63) is 35.9 Å². The highest BCUT2D eigenvalue weighted by molar-refractivity contribution is 6.69. The van der Waals surface area contributed by atoms with E-state index in [9.17, 15) is 28.8 Å². The molecular weight excluding hydrogens is 769 g/mol. The number of carbonyl (C=O) groups is 5. The normalized spacial score (nSPS) is 18.7. The van der Waals surface area contributed by atoms with Gasteiger partial charge in [0, 0.05) is 40.8 Å². The first kappa shape index (κ1) is 51.8. The van der Waals surface area contributed by atoms with Crippen LogP contribution in [0.3, 0.4) is 0 Å². The van der Waals surface area contributed by atoms with Gasteiger partial charge in [-0.25, -0.2) is 0 Å². The lowest BCUT2D eigenvalue weighted by Gasteiger charge is -2.41. The van der Waals surface area contributed by atoms with Crippen molar-refractivity contribution in [2.75, 3.05) is 48.5 Å². The summed E-state index contributed by atoms with van der Waals surface area (Å²) in [5.74, 6) is -2.24. The Morgan fingerprint density at radius 3 is 2.03 bits per heavy atom. The van der Waals surface area contributed by atoms with Gasteiger partial charge < -0.3 is 40.0 Å². The first-order valence-corrected chi connectivity index (χ1v) is 24.7. The highest BCUT2D eigenvalue weighted by Gasteiger charge is 2.43. The van der Waals surface area contributed by atoms with Crippen LogP contribution in [-0.2, 0) is 39.9 Å². The van der Waals surface area contributed by atoms with Crippen molar-refractivity contribution in [2.45, 2.75) is 142 Å². The molecule has 1 aliphatic rings. The SMILES string of the molecule is CC[C@H](C)[C@@H]([C@@H](CC(=O)N1CCC[C@H]1[C@H](OC)[C@@H](C)C(=O)N[C@@H](Cc1ccccc1)C(=O)NCC[Si](C)(C)O)OC)N(C)C(=O)C(NC(=O)[C@H](C(C)C)N(C)C)C(C)C. The van der Waals surface area contributed by atoms with Gasteiger partial charge in [0.15, 0.2) is 8.32 Å². The molecule has 1 heterocycles. The molecule has 0 spiro atoms. The topological polar surface area (TPSA) is 170 Å². The van der Waals surface area contributed by atoms with Crippen molar-refractivity contribution >= 4 is 37.9 Å². The zero-order valence-corrected chi connectivity index (χ0v) is 39.5. The monoisotopic (exact) mass is 847 g/mol. The summed E-state index contributed by atoms with van der Waals surface area (Å²) in [6.45, 7) is 18.0. The van der Waals surface area contributed by atoms with Crippen LogP contribution in [0.25, 0.3) is 0 Å². The van der Waals surface area contributed by atoms with Crippen LogP contribution in [0.1, 0.15) is 79.7 Å². The van der Waals surface area contributed by atoms with Crippen LogP contribution in [0.5, 0.6) is 0 Å². The summed E-state index contributed by atoms with van der Waals surface area (Å²) in [6, 6.07) is 7.02. The molecule has 4 N–H and O–H groups in total. The number of carbonyl (C=O) groups excluding carboxylic acids is 5. The van der Waals surface area contributed by atoms with E-state index in [1.54, 1.807) is 30.9 Å². The lowest BCUT2D eigenvalue weighted by atomic mass is 9.89. The maximum atomic E-state index is 14.3. The van der Waals surface area contributed by atoms with Crippen LogP contribution in [0, 0.1) is 23.7 Å². The molecule has 1 unspecified atom stereocenters. The number of nitrogens with one attached hydrogen (secondary N) is 3. The zero-order valence-electron chi connectivity index (χ0n) is 38.5. The number of amides is 5. The molecule has 59 heavy (non-hydrogen) atoms. The number of nitrogens with zero attached hydrogens (tertiary/aromatic N) is 3. The molecule has 1 saturated heterocycles. The van der Waals surface area contributed by atoms with Gasteiger partial charge in [-0.15, -0.1) is 0 Å². The first-order valence-electron chi connectivity index (χ1n) is 21.5. The summed E-state index contributed by atoms with van der Waals surface area (Å²) >= 11 is 0. The van der Waals surface area contributed by atoms with E-state index in [-0.39, 0.29) is 60.1 Å². The second-order valence-electron chi connectivity index (χ2n) is 18.1. The molecule has 15 heteroatoms. The summed E-state index contributed by atoms with van der Waals surface area (Å²) in [4.78, 5) is 85.1. The Hall–Kier alpha value is -3.37. The van der Waals surface area contributed by atoms with Gasteiger partial charge in [0.05, 0.1) is 42.7 Å². The molecule has 9 atom stereocenters. The van der Waals surface area contributed by atoms with E-state index < -0.39 is 56.7 Å². The van der Waals surface area contributed by atoms with Crippen molar-refractivity contribution in [3.8, 4) is 0 Å². The van der Waals surface area contributed by atoms with Crippen molar-refractivity contribution < 1.29 is 38.2 Å². The van der Waals surface area contributed by atoms with Gasteiger partial charge >= 0.3 is 0 Å². The lowest BCUT2D eigenvalue weighted by Crippen LogP contribution is -2.59. The molecule has 0 aliphatic carbocycles. The van der Waals surface area contributed by atoms with Crippen LogP contribution >= 0.6 is 0 Å². The third-order valence-electron chi connectivity index (χ3n) is 11.9. The molecule has 0 radical (unpaired) electrons. The lowest BCUT2D eigenvalue weighted by molar-refractivity contribution is -0.148. The summed E-state index contributed by atoms with van der Waals surface area (Å²) in [5.41, 5.74) is 0.887. The van der Waals surface area contributed by atoms with E-state index in [1.165, 1.54) is 7.11 Å². The van der Waals surface area contributed by atoms with Crippen molar-refractivity contribution in [2.24, 2.45) is 23.7 Å². The number of methoxy groups -OCH3 is 2. The van der Waals surface area contributed by atoms with Crippen LogP contribution in [-0.4, -0.2) is 148 Å². The maximum Gasteiger partial charge on any atom is 0.245 e. The van der Waals surface area contributed by atoms with Crippen LogP contribution < -0.4 is 16.0 Å². The standard InChI is InChI=1S/C44H78N6O8Si/c1-15-30(6)39(49(10)44(55)37(28(2)3)47-43(54)38(29(4)5)48(8)9)35(57-11)27-36(51)50-24-19-22-34(50)40(58-12)31(7)41(52)46-33(26-32-20-17-16-18-21-32)42(53)45-23-25-59(13,14)56/h16-18,20-21,28-31,33-35,37-40,56H,15,19,22-27H2,1-14H3,(H,45,53)(H,46,52)(H,47,54)/t30-,31+,33-,34-,35+,37?,38-,39-,40+/m0/s1. The summed E-state index contributed by atoms with van der Waals surface area (Å²) < 4.78 is 12.0. The summed E-state index contributed by atoms with van der Waals surface area (Å²) in [7, 11) is 6.13. The fourth-order valence-corrected chi connectivity index (χ4v) is 9.13. The molecule has 0 saturated carbocycles. The Morgan fingerprint density at radius 1 is 0.898 bits per heavy atom. The Kier molecular flexibility index (Phi) is 21.2. The molecule has 1 aromatic carbocycles. The highest BCUT2D eigenvalue weighted by atomic mass is 28.4. The minimum absolute atomic E-state index is 0.00177. The van der Waals surface area contributed by atoms with Gasteiger partial charge in [-0.3, -0.25) is 28.9 Å². The highest BCUT2D eigenvalue weighted by Crippen LogP contribution is 2.30. The number of benzene rings is 1. The van der Waals surface area contributed by atoms with E-state index >= 15 is 0 Å². The Labute approximate surface area is 356 Å². The number of hydrogen-bond acceptors (Lipinski definition) is 9. The van der Waals surface area contributed by atoms with Crippen LogP contribution in [0.2, 0.25) is 19.1 Å². The molecule has 1 aliphatic heterocycles. The number of ether oxygens (including phenoxy) is 2. The number of likely N-dealkylation sites (tertiary alicyclic amines) is 1. The molecule has 5 amide bonds. The maximum absolute atomic E-state index is 14.3. The number of rotatable bonds is 24. The predicted octanol–water partition coefficient (Wildman–Crippen LogP) is 3.67. The average Bonchev–Trinajstić information content (AvgIpc) is 3.65. The third-order valence-corrected chi connectivity index (χ3v) is 13.4. The van der Waals surface area contributed by atoms with Gasteiger partial charge in [0.25, 0.3) is 0 Å². The van der Waals surface area contributed by atoms with E-state index in [0.29, 0.717) is 25.6 Å². The smallest absolute Gasteiger partial charge is 0.245 e. The first-order chi connectivity index (χ1) is 27.6.